The van der Waals surface area contributed by atoms with Crippen LogP contribution in [-0.2, 0) is 0 Å². The van der Waals surface area contributed by atoms with E-state index in [-0.39, 0.29) is 11.9 Å². The number of hydrogen-bond donors (Lipinski definition) is 1. The Morgan fingerprint density at radius 3 is 3.31 bits per heavy atom. The smallest absolute Gasteiger partial charge is 0.106 e. The van der Waals surface area contributed by atoms with Gasteiger partial charge in [0, 0.05) is 16.5 Å². The van der Waals surface area contributed by atoms with Gasteiger partial charge in [0.25, 0.3) is 0 Å². The average Bonchev–Trinajstić information content (AvgIpc) is 2.54. The predicted octanol–water partition coefficient (Wildman–Crippen LogP) is 1.16. The second-order valence-corrected chi connectivity index (χ2v) is 2.44. The molecule has 2 heterocycles. The molecule has 0 aliphatic rings. The van der Waals surface area contributed by atoms with Gasteiger partial charge in [0.2, 0.25) is 0 Å². The summed E-state index contributed by atoms with van der Waals surface area (Å²) >= 11 is 0. The van der Waals surface area contributed by atoms with Crippen LogP contribution in [-0.4, -0.2) is 14.8 Å². The highest BCUT2D eigenvalue weighted by Gasteiger charge is 2.01. The predicted molar refractivity (Wildman–Crippen MR) is 50.5 cm³/mol. The Morgan fingerprint density at radius 2 is 2.62 bits per heavy atom. The van der Waals surface area contributed by atoms with E-state index >= 15 is 0 Å². The summed E-state index contributed by atoms with van der Waals surface area (Å²) in [4.78, 5) is 3.84. The van der Waals surface area contributed by atoms with Crippen LogP contribution in [0, 0.1) is 6.85 Å². The first kappa shape index (κ1) is 3.91. The first-order chi connectivity index (χ1) is 8.32. The molecule has 4 heteroatoms. The highest BCUT2D eigenvalue weighted by atomic mass is 15.3. The van der Waals surface area contributed by atoms with Gasteiger partial charge >= 0.3 is 0 Å². The molecule has 0 amide bonds. The minimum atomic E-state index is -2.55. The van der Waals surface area contributed by atoms with Gasteiger partial charge in [0.05, 0.1) is 20.8 Å². The van der Waals surface area contributed by atoms with Gasteiger partial charge in [-0.05, 0) is 18.5 Å². The highest BCUT2D eigenvalue weighted by molar-refractivity contribution is 5.55. The van der Waals surface area contributed by atoms with Gasteiger partial charge in [-0.2, -0.15) is 5.10 Å². The minimum Gasteiger partial charge on any atom is -0.397 e. The number of rotatable bonds is 1. The molecule has 0 spiro atoms. The first-order valence-corrected chi connectivity index (χ1v) is 3.59. The normalized spacial score (nSPS) is 16.8. The lowest BCUT2D eigenvalue weighted by Crippen LogP contribution is -2.00. The zero-order chi connectivity index (χ0) is 13.5. The maximum absolute atomic E-state index is 7.79. The average molecular weight is 179 g/mol. The Bertz CT molecular complexity index is 589. The maximum Gasteiger partial charge on any atom is 0.106 e. The zero-order valence-electron chi connectivity index (χ0n) is 11.7. The molecule has 0 aromatic carbocycles. The summed E-state index contributed by atoms with van der Waals surface area (Å²) in [6, 6.07) is 1.51. The number of hydrogen-bond acceptors (Lipinski definition) is 3. The molecule has 66 valence electrons. The molecule has 2 aromatic heterocycles. The molecule has 0 bridgehead atoms. The Hall–Kier alpha value is -1.84. The van der Waals surface area contributed by atoms with Gasteiger partial charge in [-0.25, -0.2) is 4.68 Å². The third-order valence-electron chi connectivity index (χ3n) is 1.54. The molecule has 2 rings (SSSR count). The van der Waals surface area contributed by atoms with Crippen LogP contribution in [0.3, 0.4) is 0 Å². The van der Waals surface area contributed by atoms with E-state index < -0.39 is 18.6 Å². The molecule has 0 saturated heterocycles. The lowest BCUT2D eigenvalue weighted by Gasteiger charge is -2.02. The number of nitrogen functional groups attached to an aromatic ring is 1. The molecule has 0 fully saturated rings. The monoisotopic (exact) mass is 179 g/mol. The standard InChI is InChI=1S/C9H10N4/c1-7-4-12-13(6-7)9-5-11-3-2-8(9)10/h2-6H,1H3,(H2,10,11)/i1D3,4D,6D. The van der Waals surface area contributed by atoms with E-state index in [0.717, 1.165) is 4.68 Å². The number of aromatic nitrogens is 3. The van der Waals surface area contributed by atoms with Crippen molar-refractivity contribution in [1.82, 2.24) is 14.8 Å². The van der Waals surface area contributed by atoms with E-state index in [4.69, 9.17) is 12.6 Å². The molecule has 0 atom stereocenters. The van der Waals surface area contributed by atoms with Crippen molar-refractivity contribution >= 4 is 5.69 Å². The fraction of sp³-hybridized carbons (Fsp3) is 0.111. The van der Waals surface area contributed by atoms with Gasteiger partial charge in [0.1, 0.15) is 5.69 Å². The lowest BCUT2D eigenvalue weighted by atomic mass is 10.3. The van der Waals surface area contributed by atoms with Gasteiger partial charge in [-0.1, -0.05) is 0 Å². The van der Waals surface area contributed by atoms with E-state index in [9.17, 15) is 0 Å². The summed E-state index contributed by atoms with van der Waals surface area (Å²) in [5, 5.41) is 3.72. The van der Waals surface area contributed by atoms with E-state index in [1.807, 2.05) is 0 Å². The molecule has 0 unspecified atom stereocenters. The Morgan fingerprint density at radius 1 is 1.69 bits per heavy atom. The van der Waals surface area contributed by atoms with Crippen molar-refractivity contribution in [2.75, 3.05) is 5.73 Å². The third kappa shape index (κ3) is 1.38. The van der Waals surface area contributed by atoms with Crippen molar-refractivity contribution in [3.63, 3.8) is 0 Å². The third-order valence-corrected chi connectivity index (χ3v) is 1.54. The van der Waals surface area contributed by atoms with Crippen molar-refractivity contribution < 1.29 is 6.85 Å². The molecule has 13 heavy (non-hydrogen) atoms. The second-order valence-electron chi connectivity index (χ2n) is 2.44. The van der Waals surface area contributed by atoms with E-state index in [0.29, 0.717) is 5.69 Å². The molecule has 0 saturated carbocycles. The maximum atomic E-state index is 7.79. The number of nitrogens with two attached hydrogens (primary N) is 1. The second kappa shape index (κ2) is 2.90. The number of anilines is 1. The van der Waals surface area contributed by atoms with Crippen LogP contribution in [0.4, 0.5) is 5.69 Å². The van der Waals surface area contributed by atoms with E-state index in [1.165, 1.54) is 18.5 Å². The minimum absolute atomic E-state index is 0.284. The fourth-order valence-electron chi connectivity index (χ4n) is 0.944. The summed E-state index contributed by atoms with van der Waals surface area (Å²) < 4.78 is 38.2. The largest absolute Gasteiger partial charge is 0.397 e. The molecule has 2 N–H and O–H groups in total. The van der Waals surface area contributed by atoms with Crippen molar-refractivity contribution in [2.24, 2.45) is 0 Å². The molecular weight excluding hydrogens is 164 g/mol. The quantitative estimate of drug-likeness (QED) is 0.714. The van der Waals surface area contributed by atoms with Gasteiger partial charge < -0.3 is 5.73 Å². The van der Waals surface area contributed by atoms with Crippen LogP contribution in [0.2, 0.25) is 0 Å². The summed E-state index contributed by atoms with van der Waals surface area (Å²) in [7, 11) is 0. The molecular formula is C9H10N4. The van der Waals surface area contributed by atoms with Gasteiger partial charge in [-0.15, -0.1) is 0 Å². The van der Waals surface area contributed by atoms with Crippen molar-refractivity contribution in [3.8, 4) is 5.69 Å². The van der Waals surface area contributed by atoms with Crippen LogP contribution in [0.15, 0.2) is 30.8 Å². The van der Waals surface area contributed by atoms with Crippen molar-refractivity contribution in [3.05, 3.63) is 36.4 Å². The summed E-state index contributed by atoms with van der Waals surface area (Å²) in [6.45, 7) is -2.55. The summed E-state index contributed by atoms with van der Waals surface area (Å²) in [5.41, 5.74) is 5.89. The molecule has 2 aromatic rings. The summed E-state index contributed by atoms with van der Waals surface area (Å²) in [5.74, 6) is 0. The summed E-state index contributed by atoms with van der Waals surface area (Å²) in [6.07, 6.45) is 2.00. The van der Waals surface area contributed by atoms with Crippen LogP contribution in [0.25, 0.3) is 5.69 Å². The van der Waals surface area contributed by atoms with Gasteiger partial charge in [0.15, 0.2) is 0 Å². The van der Waals surface area contributed by atoms with Gasteiger partial charge in [-0.3, -0.25) is 4.98 Å². The molecule has 4 nitrogen and oxygen atoms in total. The van der Waals surface area contributed by atoms with Crippen LogP contribution >= 0.6 is 0 Å². The molecule has 0 radical (unpaired) electrons. The SMILES string of the molecule is [2H]c1nn(-c2cnccc2N)c([2H])c1C([2H])([2H])[2H]. The van der Waals surface area contributed by atoms with E-state index in [1.54, 1.807) is 0 Å². The number of nitrogens with zero attached hydrogens (tertiary/aromatic N) is 3. The highest BCUT2D eigenvalue weighted by Crippen LogP contribution is 2.13. The Labute approximate surface area is 83.0 Å². The van der Waals surface area contributed by atoms with Crippen LogP contribution in [0.5, 0.6) is 0 Å². The zero-order valence-corrected chi connectivity index (χ0v) is 6.65. The topological polar surface area (TPSA) is 56.7 Å². The van der Waals surface area contributed by atoms with Crippen LogP contribution in [0.1, 0.15) is 12.4 Å². The van der Waals surface area contributed by atoms with Crippen LogP contribution < -0.4 is 5.73 Å². The van der Waals surface area contributed by atoms with Crippen molar-refractivity contribution in [1.29, 1.82) is 0 Å². The first-order valence-electron chi connectivity index (χ1n) is 6.09. The Kier molecular flexibility index (Phi) is 0.871. The number of pyridine rings is 1. The Balaban J connectivity index is 2.66. The fourth-order valence-corrected chi connectivity index (χ4v) is 0.944. The molecule has 0 aliphatic heterocycles. The molecule has 0 aliphatic carbocycles. The van der Waals surface area contributed by atoms with Crippen molar-refractivity contribution in [2.45, 2.75) is 6.85 Å². The van der Waals surface area contributed by atoms with E-state index in [2.05, 4.69) is 10.1 Å². The lowest BCUT2D eigenvalue weighted by molar-refractivity contribution is 0.876.